The fourth-order valence-corrected chi connectivity index (χ4v) is 3.38. The van der Waals surface area contributed by atoms with Crippen molar-refractivity contribution in [2.24, 2.45) is 4.99 Å². The third-order valence-electron chi connectivity index (χ3n) is 4.91. The molecule has 2 heterocycles. The molecule has 0 radical (unpaired) electrons. The second kappa shape index (κ2) is 8.82. The molecule has 2 aliphatic rings. The molecule has 2 aliphatic heterocycles. The van der Waals surface area contributed by atoms with Crippen LogP contribution >= 0.6 is 0 Å². The van der Waals surface area contributed by atoms with E-state index in [4.69, 9.17) is 9.47 Å². The molecule has 1 N–H and O–H groups in total. The summed E-state index contributed by atoms with van der Waals surface area (Å²) in [5.41, 5.74) is 1.51. The van der Waals surface area contributed by atoms with Gasteiger partial charge in [-0.05, 0) is 18.1 Å². The van der Waals surface area contributed by atoms with E-state index in [-0.39, 0.29) is 17.2 Å². The molecule has 0 saturated heterocycles. The van der Waals surface area contributed by atoms with Gasteiger partial charge in [-0.1, -0.05) is 55.8 Å². The lowest BCUT2D eigenvalue weighted by Gasteiger charge is -2.22. The molecule has 2 aromatic rings. The number of hydrogen-bond donors (Lipinski definition) is 1. The van der Waals surface area contributed by atoms with Crippen molar-refractivity contribution in [3.05, 3.63) is 60.3 Å². The van der Waals surface area contributed by atoms with E-state index in [1.54, 1.807) is 12.1 Å². The first-order chi connectivity index (χ1) is 14.7. The Kier molecular flexibility index (Phi) is 5.79. The van der Waals surface area contributed by atoms with E-state index < -0.39 is 11.9 Å². The fraction of sp³-hybridized carbons (Fsp3) is 0.261. The number of aliphatic imine (C=N–C) groups is 1. The molecule has 0 aromatic heterocycles. The van der Waals surface area contributed by atoms with Crippen LogP contribution in [0.1, 0.15) is 19.8 Å². The van der Waals surface area contributed by atoms with Gasteiger partial charge in [0.2, 0.25) is 0 Å². The van der Waals surface area contributed by atoms with Crippen LogP contribution in [-0.4, -0.2) is 42.4 Å². The Morgan fingerprint density at radius 2 is 1.90 bits per heavy atom. The van der Waals surface area contributed by atoms with Crippen LogP contribution in [0.25, 0.3) is 11.1 Å². The van der Waals surface area contributed by atoms with Crippen LogP contribution in [0.15, 0.2) is 65.3 Å². The summed E-state index contributed by atoms with van der Waals surface area (Å²) in [5, 5.41) is 2.98. The monoisotopic (exact) mass is 405 g/mol. The van der Waals surface area contributed by atoms with Gasteiger partial charge >= 0.3 is 11.9 Å². The minimum absolute atomic E-state index is 0.00402. The number of esters is 2. The summed E-state index contributed by atoms with van der Waals surface area (Å²) >= 11 is 0. The van der Waals surface area contributed by atoms with Crippen molar-refractivity contribution in [2.75, 3.05) is 19.6 Å². The van der Waals surface area contributed by atoms with Crippen molar-refractivity contribution < 1.29 is 19.1 Å². The average Bonchev–Trinajstić information content (AvgIpc) is 3.19. The van der Waals surface area contributed by atoms with E-state index in [0.717, 1.165) is 37.6 Å². The van der Waals surface area contributed by atoms with E-state index in [1.165, 1.54) is 0 Å². The van der Waals surface area contributed by atoms with Gasteiger partial charge in [0.1, 0.15) is 5.70 Å². The average molecular weight is 405 g/mol. The van der Waals surface area contributed by atoms with E-state index in [2.05, 4.69) is 22.1 Å². The molecule has 7 nitrogen and oxygen atoms in total. The number of guanidine groups is 1. The third-order valence-corrected chi connectivity index (χ3v) is 4.91. The van der Waals surface area contributed by atoms with Crippen LogP contribution in [0.3, 0.4) is 0 Å². The standard InChI is InChI=1S/C23H23N3O4/c1-2-3-13-26-14-12-24-23(26)25-18-15-20(27)29-19-11-7-10-17(21(19)30-22(18)28)16-8-5-4-6-9-16/h4-11,15H,2-3,12-14H2,1H3,(H,24,25)/b18-15+. The van der Waals surface area contributed by atoms with Crippen molar-refractivity contribution in [2.45, 2.75) is 19.8 Å². The lowest BCUT2D eigenvalue weighted by Crippen LogP contribution is -2.41. The predicted octanol–water partition coefficient (Wildman–Crippen LogP) is 3.12. The first-order valence-corrected chi connectivity index (χ1v) is 10.1. The maximum atomic E-state index is 12.9. The fourth-order valence-electron chi connectivity index (χ4n) is 3.38. The van der Waals surface area contributed by atoms with Gasteiger partial charge < -0.3 is 19.7 Å². The minimum atomic E-state index is -0.665. The van der Waals surface area contributed by atoms with Crippen molar-refractivity contribution in [1.82, 2.24) is 10.2 Å². The highest BCUT2D eigenvalue weighted by atomic mass is 16.6. The van der Waals surface area contributed by atoms with Crippen LogP contribution in [0.4, 0.5) is 0 Å². The summed E-state index contributed by atoms with van der Waals surface area (Å²) in [7, 11) is 0. The zero-order valence-corrected chi connectivity index (χ0v) is 16.8. The van der Waals surface area contributed by atoms with Gasteiger partial charge in [0.25, 0.3) is 0 Å². The van der Waals surface area contributed by atoms with E-state index in [0.29, 0.717) is 18.1 Å². The summed E-state index contributed by atoms with van der Waals surface area (Å²) < 4.78 is 11.1. The van der Waals surface area contributed by atoms with Gasteiger partial charge in [-0.2, -0.15) is 0 Å². The molecule has 0 amide bonds. The third kappa shape index (κ3) is 4.20. The normalized spacial score (nSPS) is 17.7. The van der Waals surface area contributed by atoms with Crippen molar-refractivity contribution in [1.29, 1.82) is 0 Å². The molecule has 0 saturated carbocycles. The Morgan fingerprint density at radius 1 is 1.07 bits per heavy atom. The zero-order chi connectivity index (χ0) is 20.9. The smallest absolute Gasteiger partial charge is 0.360 e. The van der Waals surface area contributed by atoms with Gasteiger partial charge in [0.15, 0.2) is 17.5 Å². The first kappa shape index (κ1) is 19.7. The Labute approximate surface area is 175 Å². The number of rotatable bonds is 5. The number of hydrogen-bond acceptors (Lipinski definition) is 7. The van der Waals surface area contributed by atoms with Gasteiger partial charge in [-0.15, -0.1) is 0 Å². The quantitative estimate of drug-likeness (QED) is 0.608. The molecule has 154 valence electrons. The number of ether oxygens (including phenoxy) is 2. The Balaban J connectivity index is 1.62. The molecule has 0 atom stereocenters. The maximum Gasteiger partial charge on any atom is 0.360 e. The van der Waals surface area contributed by atoms with E-state index in [1.807, 2.05) is 36.4 Å². The van der Waals surface area contributed by atoms with Crippen molar-refractivity contribution in [3.8, 4) is 22.6 Å². The van der Waals surface area contributed by atoms with Crippen LogP contribution in [0, 0.1) is 0 Å². The Morgan fingerprint density at radius 3 is 2.70 bits per heavy atom. The number of carbonyl (C=O) groups is 2. The maximum absolute atomic E-state index is 12.9. The Hall–Kier alpha value is -3.61. The van der Waals surface area contributed by atoms with Gasteiger partial charge in [0.05, 0.1) is 12.6 Å². The minimum Gasteiger partial charge on any atom is -0.419 e. The number of nitrogens with one attached hydrogen (secondary N) is 1. The topological polar surface area (TPSA) is 80.2 Å². The molecule has 0 unspecified atom stereocenters. The number of carbonyl (C=O) groups excluding carboxylic acids is 2. The molecular formula is C23H23N3O4. The highest BCUT2D eigenvalue weighted by Gasteiger charge is 2.27. The second-order valence-corrected chi connectivity index (χ2v) is 7.04. The van der Waals surface area contributed by atoms with Crippen LogP contribution < -0.4 is 14.8 Å². The largest absolute Gasteiger partial charge is 0.419 e. The SMILES string of the molecule is CCCCN1CCN=C1N/C1=C/C(=O)Oc2cccc(-c3ccccc3)c2OC1=O. The first-order valence-electron chi connectivity index (χ1n) is 10.1. The lowest BCUT2D eigenvalue weighted by molar-refractivity contribution is -0.134. The van der Waals surface area contributed by atoms with Crippen LogP contribution in [0.2, 0.25) is 0 Å². The van der Waals surface area contributed by atoms with Gasteiger partial charge in [-0.3, -0.25) is 4.99 Å². The lowest BCUT2D eigenvalue weighted by atomic mass is 10.0. The number of benzene rings is 2. The number of unbranched alkanes of at least 4 members (excludes halogenated alkanes) is 1. The van der Waals surface area contributed by atoms with Crippen LogP contribution in [0.5, 0.6) is 11.5 Å². The molecule has 2 aromatic carbocycles. The summed E-state index contributed by atoms with van der Waals surface area (Å²) in [6, 6.07) is 14.7. The zero-order valence-electron chi connectivity index (χ0n) is 16.8. The van der Waals surface area contributed by atoms with Gasteiger partial charge in [0, 0.05) is 18.7 Å². The van der Waals surface area contributed by atoms with Crippen molar-refractivity contribution >= 4 is 17.9 Å². The molecular weight excluding hydrogens is 382 g/mol. The van der Waals surface area contributed by atoms with Crippen molar-refractivity contribution in [3.63, 3.8) is 0 Å². The highest BCUT2D eigenvalue weighted by Crippen LogP contribution is 2.39. The molecule has 0 aliphatic carbocycles. The summed E-state index contributed by atoms with van der Waals surface area (Å²) in [6.07, 6.45) is 3.18. The number of para-hydroxylation sites is 1. The molecule has 4 rings (SSSR count). The van der Waals surface area contributed by atoms with Gasteiger partial charge in [-0.25, -0.2) is 9.59 Å². The Bertz CT molecular complexity index is 1010. The summed E-state index contributed by atoms with van der Waals surface area (Å²) in [6.45, 7) is 4.36. The molecule has 30 heavy (non-hydrogen) atoms. The van der Waals surface area contributed by atoms with E-state index >= 15 is 0 Å². The summed E-state index contributed by atoms with van der Waals surface area (Å²) in [4.78, 5) is 31.8. The summed E-state index contributed by atoms with van der Waals surface area (Å²) in [5.74, 6) is -0.337. The van der Waals surface area contributed by atoms with E-state index in [9.17, 15) is 9.59 Å². The highest BCUT2D eigenvalue weighted by molar-refractivity contribution is 6.03. The number of nitrogens with zero attached hydrogens (tertiary/aromatic N) is 2. The van der Waals surface area contributed by atoms with Crippen LogP contribution in [-0.2, 0) is 9.59 Å². The predicted molar refractivity (Wildman–Crippen MR) is 113 cm³/mol. The molecule has 0 fully saturated rings. The second-order valence-electron chi connectivity index (χ2n) is 7.04. The molecule has 0 bridgehead atoms. The molecule has 7 heteroatoms. The number of fused-ring (bicyclic) bond motifs is 1. The molecule has 0 spiro atoms.